The zero-order valence-corrected chi connectivity index (χ0v) is 13.2. The van der Waals surface area contributed by atoms with Gasteiger partial charge in [0.15, 0.2) is 0 Å². The van der Waals surface area contributed by atoms with Gasteiger partial charge in [0.2, 0.25) is 0 Å². The molecule has 4 heteroatoms. The van der Waals surface area contributed by atoms with Gasteiger partial charge in [0, 0.05) is 10.6 Å². The normalized spacial score (nSPS) is 9.86. The van der Waals surface area contributed by atoms with Crippen LogP contribution in [0.1, 0.15) is 11.1 Å². The van der Waals surface area contributed by atoms with E-state index in [1.807, 2.05) is 42.5 Å². The molecule has 0 aliphatic heterocycles. The van der Waals surface area contributed by atoms with Crippen molar-refractivity contribution in [3.8, 4) is 17.6 Å². The van der Waals surface area contributed by atoms with E-state index in [0.717, 1.165) is 26.8 Å². The molecule has 0 heterocycles. The van der Waals surface area contributed by atoms with E-state index in [-0.39, 0.29) is 6.61 Å². The molecule has 2 rings (SSSR count). The minimum Gasteiger partial charge on any atom is -0.495 e. The van der Waals surface area contributed by atoms with Crippen LogP contribution in [0.4, 0.5) is 0 Å². The van der Waals surface area contributed by atoms with Gasteiger partial charge in [0.05, 0.1) is 17.7 Å². The maximum absolute atomic E-state index is 8.81. The van der Waals surface area contributed by atoms with Crippen molar-refractivity contribution in [1.82, 2.24) is 0 Å². The van der Waals surface area contributed by atoms with E-state index in [2.05, 4.69) is 11.8 Å². The Balaban J connectivity index is 2.15. The highest BCUT2D eigenvalue weighted by atomic mass is 35.5. The van der Waals surface area contributed by atoms with Crippen LogP contribution in [0.25, 0.3) is 0 Å². The summed E-state index contributed by atoms with van der Waals surface area (Å²) in [6.45, 7) is -0.165. The summed E-state index contributed by atoms with van der Waals surface area (Å²) in [4.78, 5) is 1.05. The summed E-state index contributed by atoms with van der Waals surface area (Å²) in [5, 5.41) is 9.57. The largest absolute Gasteiger partial charge is 0.495 e. The predicted octanol–water partition coefficient (Wildman–Crippen LogP) is 3.98. The van der Waals surface area contributed by atoms with Crippen molar-refractivity contribution in [2.45, 2.75) is 10.6 Å². The predicted molar refractivity (Wildman–Crippen MR) is 88.0 cm³/mol. The Morgan fingerprint density at radius 2 is 2.05 bits per heavy atom. The minimum absolute atomic E-state index is 0.165. The number of aliphatic hydroxyl groups is 1. The average Bonchev–Trinajstić information content (AvgIpc) is 2.52. The molecule has 0 aliphatic rings. The third-order valence-electron chi connectivity index (χ3n) is 2.80. The number of aliphatic hydroxyl groups excluding tert-OH is 1. The zero-order chi connectivity index (χ0) is 15.1. The maximum atomic E-state index is 8.81. The van der Waals surface area contributed by atoms with Crippen LogP contribution < -0.4 is 4.74 Å². The Labute approximate surface area is 134 Å². The van der Waals surface area contributed by atoms with Gasteiger partial charge in [0.25, 0.3) is 0 Å². The molecule has 0 saturated heterocycles. The molecular formula is C17H15ClO2S. The summed E-state index contributed by atoms with van der Waals surface area (Å²) < 4.78 is 5.27. The summed E-state index contributed by atoms with van der Waals surface area (Å²) >= 11 is 7.82. The highest BCUT2D eigenvalue weighted by Crippen LogP contribution is 2.30. The first kappa shape index (κ1) is 15.8. The lowest BCUT2D eigenvalue weighted by Gasteiger charge is -2.07. The number of thioether (sulfide) groups is 1. The SMILES string of the molecule is COc1ccc(CSc2ccccc2Cl)cc1C#CCO. The topological polar surface area (TPSA) is 29.5 Å². The Bertz CT molecular complexity index is 674. The van der Waals surface area contributed by atoms with Gasteiger partial charge in [-0.1, -0.05) is 41.6 Å². The number of halogens is 1. The van der Waals surface area contributed by atoms with E-state index < -0.39 is 0 Å². The van der Waals surface area contributed by atoms with Crippen molar-refractivity contribution in [1.29, 1.82) is 0 Å². The molecule has 0 bridgehead atoms. The Morgan fingerprint density at radius 3 is 2.76 bits per heavy atom. The summed E-state index contributed by atoms with van der Waals surface area (Å²) in [6, 6.07) is 13.7. The standard InChI is InChI=1S/C17H15ClO2S/c1-20-16-9-8-13(11-14(16)5-4-10-19)12-21-17-7-3-2-6-15(17)18/h2-3,6-9,11,19H,10,12H2,1H3. The Hall–Kier alpha value is -1.60. The summed E-state index contributed by atoms with van der Waals surface area (Å²) in [7, 11) is 1.61. The molecule has 0 spiro atoms. The van der Waals surface area contributed by atoms with Crippen molar-refractivity contribution in [3.63, 3.8) is 0 Å². The summed E-state index contributed by atoms with van der Waals surface area (Å²) in [5.74, 6) is 7.05. The maximum Gasteiger partial charge on any atom is 0.134 e. The van der Waals surface area contributed by atoms with Crippen molar-refractivity contribution in [2.75, 3.05) is 13.7 Å². The molecule has 0 fully saturated rings. The van der Waals surface area contributed by atoms with E-state index in [1.54, 1.807) is 18.9 Å². The van der Waals surface area contributed by atoms with Crippen LogP contribution in [-0.2, 0) is 5.75 Å². The van der Waals surface area contributed by atoms with Gasteiger partial charge in [0.1, 0.15) is 12.4 Å². The number of hydrogen-bond acceptors (Lipinski definition) is 3. The first-order valence-corrected chi connectivity index (χ1v) is 7.75. The number of hydrogen-bond donors (Lipinski definition) is 1. The van der Waals surface area contributed by atoms with Gasteiger partial charge in [-0.05, 0) is 29.8 Å². The molecule has 0 amide bonds. The van der Waals surface area contributed by atoms with Crippen molar-refractivity contribution >= 4 is 23.4 Å². The second-order valence-corrected chi connectivity index (χ2v) is 5.64. The number of methoxy groups -OCH3 is 1. The van der Waals surface area contributed by atoms with Crippen LogP contribution >= 0.6 is 23.4 Å². The smallest absolute Gasteiger partial charge is 0.134 e. The Morgan fingerprint density at radius 1 is 1.24 bits per heavy atom. The van der Waals surface area contributed by atoms with Crippen molar-refractivity contribution in [2.24, 2.45) is 0 Å². The van der Waals surface area contributed by atoms with Gasteiger partial charge < -0.3 is 9.84 Å². The van der Waals surface area contributed by atoms with E-state index in [1.165, 1.54) is 0 Å². The molecule has 2 aromatic carbocycles. The lowest BCUT2D eigenvalue weighted by molar-refractivity contribution is 0.350. The van der Waals surface area contributed by atoms with Gasteiger partial charge in [-0.3, -0.25) is 0 Å². The van der Waals surface area contributed by atoms with Crippen LogP contribution in [0, 0.1) is 11.8 Å². The third kappa shape index (κ3) is 4.44. The highest BCUT2D eigenvalue weighted by molar-refractivity contribution is 7.98. The lowest BCUT2D eigenvalue weighted by Crippen LogP contribution is -1.91. The zero-order valence-electron chi connectivity index (χ0n) is 11.6. The summed E-state index contributed by atoms with van der Waals surface area (Å²) in [6.07, 6.45) is 0. The van der Waals surface area contributed by atoms with Gasteiger partial charge in [-0.15, -0.1) is 11.8 Å². The lowest BCUT2D eigenvalue weighted by atomic mass is 10.1. The van der Waals surface area contributed by atoms with E-state index in [0.29, 0.717) is 5.75 Å². The van der Waals surface area contributed by atoms with Crippen molar-refractivity contribution in [3.05, 3.63) is 58.6 Å². The molecule has 1 N–H and O–H groups in total. The van der Waals surface area contributed by atoms with Crippen LogP contribution in [0.15, 0.2) is 47.4 Å². The van der Waals surface area contributed by atoms with Crippen LogP contribution in [-0.4, -0.2) is 18.8 Å². The van der Waals surface area contributed by atoms with Gasteiger partial charge >= 0.3 is 0 Å². The highest BCUT2D eigenvalue weighted by Gasteiger charge is 2.04. The fourth-order valence-corrected chi connectivity index (χ4v) is 2.98. The Kier molecular flexibility index (Phi) is 6.01. The number of ether oxygens (including phenoxy) is 1. The quantitative estimate of drug-likeness (QED) is 0.683. The van der Waals surface area contributed by atoms with E-state index >= 15 is 0 Å². The van der Waals surface area contributed by atoms with Crippen LogP contribution in [0.3, 0.4) is 0 Å². The van der Waals surface area contributed by atoms with Gasteiger partial charge in [-0.2, -0.15) is 0 Å². The number of benzene rings is 2. The van der Waals surface area contributed by atoms with E-state index in [9.17, 15) is 0 Å². The fourth-order valence-electron chi connectivity index (χ4n) is 1.80. The monoisotopic (exact) mass is 318 g/mol. The molecule has 0 unspecified atom stereocenters. The van der Waals surface area contributed by atoms with E-state index in [4.69, 9.17) is 21.4 Å². The first-order chi connectivity index (χ1) is 10.2. The average molecular weight is 319 g/mol. The first-order valence-electron chi connectivity index (χ1n) is 6.38. The van der Waals surface area contributed by atoms with Crippen molar-refractivity contribution < 1.29 is 9.84 Å². The molecule has 108 valence electrons. The molecule has 0 saturated carbocycles. The molecule has 0 aliphatic carbocycles. The molecular weight excluding hydrogens is 304 g/mol. The number of rotatable bonds is 4. The molecule has 0 atom stereocenters. The molecule has 2 aromatic rings. The molecule has 21 heavy (non-hydrogen) atoms. The fraction of sp³-hybridized carbons (Fsp3) is 0.176. The second kappa shape index (κ2) is 7.99. The molecule has 0 aromatic heterocycles. The van der Waals surface area contributed by atoms with Gasteiger partial charge in [-0.25, -0.2) is 0 Å². The van der Waals surface area contributed by atoms with Crippen LogP contribution in [0.2, 0.25) is 5.02 Å². The second-order valence-electron chi connectivity index (χ2n) is 4.21. The molecule has 2 nitrogen and oxygen atoms in total. The third-order valence-corrected chi connectivity index (χ3v) is 4.38. The van der Waals surface area contributed by atoms with Crippen LogP contribution in [0.5, 0.6) is 5.75 Å². The molecule has 0 radical (unpaired) electrons. The summed E-state index contributed by atoms with van der Waals surface area (Å²) in [5.41, 5.74) is 1.91. The minimum atomic E-state index is -0.165.